The fraction of sp³-hybridized carbons (Fsp3) is 0.526. The summed E-state index contributed by atoms with van der Waals surface area (Å²) in [4.78, 5) is 38.1. The van der Waals surface area contributed by atoms with Gasteiger partial charge in [-0.05, 0) is 37.0 Å². The summed E-state index contributed by atoms with van der Waals surface area (Å²) in [6, 6.07) is 4.86. The molecular formula is C19H25N3O5. The maximum absolute atomic E-state index is 12.8. The SMILES string of the molecule is CC(C)CCNC(=O)CN1C(=O)N[C@@](C)(Cc2ccc3c(c2)OCO3)C1=O. The van der Waals surface area contributed by atoms with Gasteiger partial charge in [0.05, 0.1) is 0 Å². The lowest BCUT2D eigenvalue weighted by atomic mass is 9.92. The molecule has 2 aliphatic heterocycles. The van der Waals surface area contributed by atoms with Crippen molar-refractivity contribution in [1.82, 2.24) is 15.5 Å². The van der Waals surface area contributed by atoms with E-state index in [0.717, 1.165) is 16.9 Å². The number of benzene rings is 1. The van der Waals surface area contributed by atoms with Crippen LogP contribution >= 0.6 is 0 Å². The molecule has 0 saturated carbocycles. The zero-order valence-electron chi connectivity index (χ0n) is 15.8. The Kier molecular flexibility index (Phi) is 5.25. The van der Waals surface area contributed by atoms with Crippen LogP contribution in [0, 0.1) is 5.92 Å². The van der Waals surface area contributed by atoms with Crippen molar-refractivity contribution in [3.8, 4) is 11.5 Å². The minimum Gasteiger partial charge on any atom is -0.454 e. The highest BCUT2D eigenvalue weighted by atomic mass is 16.7. The number of rotatable bonds is 7. The van der Waals surface area contributed by atoms with Gasteiger partial charge in [-0.1, -0.05) is 19.9 Å². The molecule has 8 heteroatoms. The van der Waals surface area contributed by atoms with Gasteiger partial charge >= 0.3 is 6.03 Å². The Labute approximate surface area is 158 Å². The van der Waals surface area contributed by atoms with Crippen LogP contribution in [-0.2, 0) is 16.0 Å². The maximum Gasteiger partial charge on any atom is 0.325 e. The number of nitrogens with zero attached hydrogens (tertiary/aromatic N) is 1. The molecule has 0 radical (unpaired) electrons. The summed E-state index contributed by atoms with van der Waals surface area (Å²) in [6.07, 6.45) is 1.13. The Balaban J connectivity index is 1.63. The second kappa shape index (κ2) is 7.46. The molecule has 0 unspecified atom stereocenters. The van der Waals surface area contributed by atoms with Crippen LogP contribution in [0.4, 0.5) is 4.79 Å². The molecule has 0 bridgehead atoms. The van der Waals surface area contributed by atoms with Gasteiger partial charge in [-0.3, -0.25) is 14.5 Å². The van der Waals surface area contributed by atoms with E-state index >= 15 is 0 Å². The fourth-order valence-electron chi connectivity index (χ4n) is 3.17. The van der Waals surface area contributed by atoms with Gasteiger partial charge in [-0.25, -0.2) is 4.79 Å². The van der Waals surface area contributed by atoms with Crippen molar-refractivity contribution in [1.29, 1.82) is 0 Å². The Morgan fingerprint density at radius 2 is 2.04 bits per heavy atom. The molecule has 3 rings (SSSR count). The zero-order chi connectivity index (χ0) is 19.6. The number of ether oxygens (including phenoxy) is 2. The number of fused-ring (bicyclic) bond motifs is 1. The van der Waals surface area contributed by atoms with Gasteiger partial charge in [0, 0.05) is 13.0 Å². The van der Waals surface area contributed by atoms with Crippen molar-refractivity contribution >= 4 is 17.8 Å². The van der Waals surface area contributed by atoms with Crippen LogP contribution in [0.15, 0.2) is 18.2 Å². The van der Waals surface area contributed by atoms with Gasteiger partial charge in [0.2, 0.25) is 12.7 Å². The predicted octanol–water partition coefficient (Wildman–Crippen LogP) is 1.43. The molecule has 0 aromatic heterocycles. The third-order valence-electron chi connectivity index (χ3n) is 4.69. The highest BCUT2D eigenvalue weighted by Gasteiger charge is 2.48. The molecule has 1 fully saturated rings. The van der Waals surface area contributed by atoms with E-state index in [1.54, 1.807) is 19.1 Å². The van der Waals surface area contributed by atoms with Gasteiger partial charge in [0.15, 0.2) is 11.5 Å². The van der Waals surface area contributed by atoms with Crippen LogP contribution < -0.4 is 20.1 Å². The molecule has 2 N–H and O–H groups in total. The first-order valence-electron chi connectivity index (χ1n) is 9.08. The molecule has 146 valence electrons. The largest absolute Gasteiger partial charge is 0.454 e. The predicted molar refractivity (Wildman–Crippen MR) is 97.4 cm³/mol. The van der Waals surface area contributed by atoms with E-state index < -0.39 is 17.5 Å². The van der Waals surface area contributed by atoms with Gasteiger partial charge < -0.3 is 20.1 Å². The van der Waals surface area contributed by atoms with Gasteiger partial charge in [-0.2, -0.15) is 0 Å². The van der Waals surface area contributed by atoms with Gasteiger partial charge in [-0.15, -0.1) is 0 Å². The van der Waals surface area contributed by atoms with Crippen LogP contribution in [0.25, 0.3) is 0 Å². The number of carbonyl (C=O) groups is 3. The quantitative estimate of drug-likeness (QED) is 0.703. The molecule has 1 saturated heterocycles. The molecular weight excluding hydrogens is 350 g/mol. The van der Waals surface area contributed by atoms with E-state index in [1.807, 2.05) is 6.07 Å². The number of carbonyl (C=O) groups excluding carboxylic acids is 3. The summed E-state index contributed by atoms with van der Waals surface area (Å²) < 4.78 is 10.6. The van der Waals surface area contributed by atoms with E-state index in [-0.39, 0.29) is 19.2 Å². The summed E-state index contributed by atoms with van der Waals surface area (Å²) >= 11 is 0. The monoisotopic (exact) mass is 375 g/mol. The summed E-state index contributed by atoms with van der Waals surface area (Å²) in [5.41, 5.74) is -0.276. The van der Waals surface area contributed by atoms with Crippen molar-refractivity contribution in [2.45, 2.75) is 39.2 Å². The van der Waals surface area contributed by atoms with Crippen LogP contribution in [0.1, 0.15) is 32.8 Å². The Hall–Kier alpha value is -2.77. The average molecular weight is 375 g/mol. The average Bonchev–Trinajstić information content (AvgIpc) is 3.13. The second-order valence-electron chi connectivity index (χ2n) is 7.55. The smallest absolute Gasteiger partial charge is 0.325 e. The van der Waals surface area contributed by atoms with Crippen LogP contribution in [0.2, 0.25) is 0 Å². The van der Waals surface area contributed by atoms with Crippen molar-refractivity contribution < 1.29 is 23.9 Å². The van der Waals surface area contributed by atoms with Crippen LogP contribution in [0.5, 0.6) is 11.5 Å². The van der Waals surface area contributed by atoms with E-state index in [9.17, 15) is 14.4 Å². The molecule has 2 heterocycles. The van der Waals surface area contributed by atoms with E-state index in [4.69, 9.17) is 9.47 Å². The van der Waals surface area contributed by atoms with Crippen molar-refractivity contribution in [2.75, 3.05) is 19.9 Å². The standard InChI is InChI=1S/C19H25N3O5/c1-12(2)6-7-20-16(23)10-22-17(24)19(3,21-18(22)25)9-13-4-5-14-15(8-13)27-11-26-14/h4-5,8,12H,6-7,9-11H2,1-3H3,(H,20,23)(H,21,25)/t19-/m0/s1. The number of urea groups is 1. The van der Waals surface area contributed by atoms with Gasteiger partial charge in [0.1, 0.15) is 12.1 Å². The molecule has 0 aliphatic carbocycles. The Morgan fingerprint density at radius 1 is 1.30 bits per heavy atom. The molecule has 1 aromatic rings. The zero-order valence-corrected chi connectivity index (χ0v) is 15.8. The highest BCUT2D eigenvalue weighted by Crippen LogP contribution is 2.34. The first-order chi connectivity index (χ1) is 12.8. The molecule has 8 nitrogen and oxygen atoms in total. The van der Waals surface area contributed by atoms with Crippen LogP contribution in [0.3, 0.4) is 0 Å². The highest BCUT2D eigenvalue weighted by molar-refractivity contribution is 6.08. The fourth-order valence-corrected chi connectivity index (χ4v) is 3.17. The molecule has 2 aliphatic rings. The topological polar surface area (TPSA) is 97.0 Å². The third kappa shape index (κ3) is 4.15. The lowest BCUT2D eigenvalue weighted by Gasteiger charge is -2.22. The van der Waals surface area contributed by atoms with Crippen molar-refractivity contribution in [3.05, 3.63) is 23.8 Å². The number of hydrogen-bond acceptors (Lipinski definition) is 5. The first kappa shape index (κ1) is 19.0. The normalized spacial score (nSPS) is 21.0. The molecule has 1 aromatic carbocycles. The number of nitrogens with one attached hydrogen (secondary N) is 2. The third-order valence-corrected chi connectivity index (χ3v) is 4.69. The summed E-state index contributed by atoms with van der Waals surface area (Å²) in [6.45, 7) is 6.20. The number of hydrogen-bond donors (Lipinski definition) is 2. The van der Waals surface area contributed by atoms with Crippen LogP contribution in [-0.4, -0.2) is 48.2 Å². The first-order valence-corrected chi connectivity index (χ1v) is 9.08. The van der Waals surface area contributed by atoms with Crippen molar-refractivity contribution in [3.63, 3.8) is 0 Å². The Bertz CT molecular complexity index is 764. The summed E-state index contributed by atoms with van der Waals surface area (Å²) in [7, 11) is 0. The van der Waals surface area contributed by atoms with E-state index in [2.05, 4.69) is 24.5 Å². The second-order valence-corrected chi connectivity index (χ2v) is 7.55. The van der Waals surface area contributed by atoms with E-state index in [0.29, 0.717) is 30.4 Å². The molecule has 1 atom stereocenters. The van der Waals surface area contributed by atoms with Gasteiger partial charge in [0.25, 0.3) is 5.91 Å². The lowest BCUT2D eigenvalue weighted by Crippen LogP contribution is -2.47. The Morgan fingerprint density at radius 3 is 2.78 bits per heavy atom. The maximum atomic E-state index is 12.8. The lowest BCUT2D eigenvalue weighted by molar-refractivity contribution is -0.134. The molecule has 27 heavy (non-hydrogen) atoms. The van der Waals surface area contributed by atoms with Crippen molar-refractivity contribution in [2.24, 2.45) is 5.92 Å². The van der Waals surface area contributed by atoms with E-state index in [1.165, 1.54) is 0 Å². The minimum absolute atomic E-state index is 0.172. The minimum atomic E-state index is -1.11. The molecule has 0 spiro atoms. The summed E-state index contributed by atoms with van der Waals surface area (Å²) in [5.74, 6) is 0.988. The summed E-state index contributed by atoms with van der Waals surface area (Å²) in [5, 5.41) is 5.46. The number of imide groups is 1. The number of amides is 4. The molecule has 4 amide bonds.